The molecule has 1 aliphatic carbocycles. The van der Waals surface area contributed by atoms with Crippen LogP contribution in [0.3, 0.4) is 0 Å². The molecule has 4 heterocycles. The van der Waals surface area contributed by atoms with Crippen LogP contribution in [0.15, 0.2) is 9.95 Å². The topological polar surface area (TPSA) is 62.6 Å². The number of fused-ring (bicyclic) bond motifs is 3. The van der Waals surface area contributed by atoms with Crippen molar-refractivity contribution in [1.82, 2.24) is 9.55 Å². The molecule has 2 aliphatic heterocycles. The number of aromatic nitrogens is 2. The van der Waals surface area contributed by atoms with Crippen molar-refractivity contribution in [1.29, 1.82) is 0 Å². The van der Waals surface area contributed by atoms with Gasteiger partial charge in [-0.1, -0.05) is 11.8 Å². The Kier molecular flexibility index (Phi) is 5.26. The highest BCUT2D eigenvalue weighted by Gasteiger charge is 2.26. The summed E-state index contributed by atoms with van der Waals surface area (Å²) in [5, 5.41) is 1.66. The number of nitrogens with zero attached hydrogens (tertiary/aromatic N) is 2. The molecule has 0 amide bonds. The lowest BCUT2D eigenvalue weighted by Crippen LogP contribution is -2.30. The molecule has 5 rings (SSSR count). The molecule has 0 radical (unpaired) electrons. The third-order valence-corrected chi connectivity index (χ3v) is 7.86. The zero-order valence-electron chi connectivity index (χ0n) is 15.3. The first-order valence-corrected chi connectivity index (χ1v) is 11.6. The average Bonchev–Trinajstić information content (AvgIpc) is 3.40. The maximum atomic E-state index is 13.4. The first-order valence-electron chi connectivity index (χ1n) is 9.78. The summed E-state index contributed by atoms with van der Waals surface area (Å²) in [6.45, 7) is 2.49. The Bertz CT molecular complexity index is 882. The van der Waals surface area contributed by atoms with Crippen molar-refractivity contribution >= 4 is 33.3 Å². The van der Waals surface area contributed by atoms with Gasteiger partial charge in [0.15, 0.2) is 5.16 Å². The van der Waals surface area contributed by atoms with Crippen molar-refractivity contribution in [2.24, 2.45) is 0 Å². The number of ether oxygens (including phenoxy) is 3. The van der Waals surface area contributed by atoms with E-state index in [0.29, 0.717) is 13.3 Å². The molecule has 0 aromatic carbocycles. The van der Waals surface area contributed by atoms with Crippen LogP contribution in [-0.2, 0) is 33.6 Å². The smallest absolute Gasteiger partial charge is 0.263 e. The van der Waals surface area contributed by atoms with Gasteiger partial charge in [0.25, 0.3) is 5.56 Å². The van der Waals surface area contributed by atoms with Crippen molar-refractivity contribution in [3.63, 3.8) is 0 Å². The van der Waals surface area contributed by atoms with Crippen LogP contribution >= 0.6 is 23.1 Å². The SMILES string of the molecule is O=c1c2c3c(sc2nc(SC[C@@H]2CCOCO2)n1C[C@@H]1CCCO1)CCC3. The minimum Gasteiger partial charge on any atom is -0.376 e. The van der Waals surface area contributed by atoms with Gasteiger partial charge in [0.1, 0.15) is 11.6 Å². The zero-order chi connectivity index (χ0) is 18.2. The van der Waals surface area contributed by atoms with E-state index in [4.69, 9.17) is 19.2 Å². The van der Waals surface area contributed by atoms with Gasteiger partial charge in [-0.25, -0.2) is 4.98 Å². The van der Waals surface area contributed by atoms with Crippen molar-refractivity contribution in [2.75, 3.05) is 25.8 Å². The Morgan fingerprint density at radius 2 is 2.11 bits per heavy atom. The molecule has 2 saturated heterocycles. The van der Waals surface area contributed by atoms with Gasteiger partial charge in [-0.15, -0.1) is 11.3 Å². The Labute approximate surface area is 166 Å². The van der Waals surface area contributed by atoms with E-state index in [1.54, 1.807) is 23.1 Å². The van der Waals surface area contributed by atoms with E-state index in [1.807, 2.05) is 4.57 Å². The first kappa shape index (κ1) is 18.1. The molecule has 0 N–H and O–H groups in total. The van der Waals surface area contributed by atoms with Crippen LogP contribution in [0.2, 0.25) is 0 Å². The number of thiophene rings is 1. The van der Waals surface area contributed by atoms with Crippen molar-refractivity contribution in [2.45, 2.75) is 62.4 Å². The average molecular weight is 409 g/mol. The molecule has 0 unspecified atom stereocenters. The third kappa shape index (κ3) is 3.58. The van der Waals surface area contributed by atoms with Crippen molar-refractivity contribution < 1.29 is 14.2 Å². The van der Waals surface area contributed by atoms with Crippen LogP contribution in [0.25, 0.3) is 10.2 Å². The van der Waals surface area contributed by atoms with Gasteiger partial charge in [0.05, 0.1) is 30.7 Å². The molecule has 3 aliphatic rings. The molecule has 146 valence electrons. The van der Waals surface area contributed by atoms with E-state index in [1.165, 1.54) is 10.4 Å². The first-order chi connectivity index (χ1) is 13.3. The maximum Gasteiger partial charge on any atom is 0.263 e. The standard InChI is InChI=1S/C19H24N2O4S2/c22-18-16-14-4-1-5-15(14)27-17(16)20-19(21(18)9-12-3-2-7-24-12)26-10-13-6-8-23-11-25-13/h12-13H,1-11H2/t12-,13-/m0/s1. The lowest BCUT2D eigenvalue weighted by atomic mass is 10.2. The number of hydrogen-bond acceptors (Lipinski definition) is 7. The second-order valence-corrected chi connectivity index (χ2v) is 9.47. The van der Waals surface area contributed by atoms with Gasteiger partial charge in [0.2, 0.25) is 0 Å². The lowest BCUT2D eigenvalue weighted by Gasteiger charge is -2.23. The van der Waals surface area contributed by atoms with Gasteiger partial charge in [-0.2, -0.15) is 0 Å². The van der Waals surface area contributed by atoms with Gasteiger partial charge in [-0.05, 0) is 44.1 Å². The third-order valence-electron chi connectivity index (χ3n) is 5.57. The monoisotopic (exact) mass is 408 g/mol. The Morgan fingerprint density at radius 3 is 2.93 bits per heavy atom. The lowest BCUT2D eigenvalue weighted by molar-refractivity contribution is -0.130. The highest BCUT2D eigenvalue weighted by molar-refractivity contribution is 7.99. The summed E-state index contributed by atoms with van der Waals surface area (Å²) in [5.41, 5.74) is 1.36. The van der Waals surface area contributed by atoms with Crippen LogP contribution in [0.1, 0.15) is 36.1 Å². The molecule has 27 heavy (non-hydrogen) atoms. The molecule has 0 saturated carbocycles. The summed E-state index contributed by atoms with van der Waals surface area (Å²) in [6.07, 6.45) is 6.49. The fourth-order valence-electron chi connectivity index (χ4n) is 4.12. The fraction of sp³-hybridized carbons (Fsp3) is 0.684. The summed E-state index contributed by atoms with van der Waals surface area (Å²) in [4.78, 5) is 20.6. The second kappa shape index (κ2) is 7.83. The Hall–Kier alpha value is -0.930. The summed E-state index contributed by atoms with van der Waals surface area (Å²) in [6, 6.07) is 0. The van der Waals surface area contributed by atoms with Gasteiger partial charge in [-0.3, -0.25) is 9.36 Å². The number of thioether (sulfide) groups is 1. The maximum absolute atomic E-state index is 13.4. The number of rotatable bonds is 5. The molecule has 2 aromatic heterocycles. The predicted octanol–water partition coefficient (Wildman–Crippen LogP) is 2.98. The second-order valence-electron chi connectivity index (χ2n) is 7.40. The van der Waals surface area contributed by atoms with Crippen LogP contribution in [0.5, 0.6) is 0 Å². The fourth-order valence-corrected chi connectivity index (χ4v) is 6.50. The van der Waals surface area contributed by atoms with Gasteiger partial charge < -0.3 is 14.2 Å². The van der Waals surface area contributed by atoms with E-state index >= 15 is 0 Å². The van der Waals surface area contributed by atoms with Crippen LogP contribution in [-0.4, -0.2) is 47.5 Å². The Morgan fingerprint density at radius 1 is 1.15 bits per heavy atom. The van der Waals surface area contributed by atoms with E-state index in [2.05, 4.69) is 0 Å². The van der Waals surface area contributed by atoms with E-state index < -0.39 is 0 Å². The Balaban J connectivity index is 1.49. The molecular formula is C19H24N2O4S2. The minimum absolute atomic E-state index is 0.116. The molecule has 0 spiro atoms. The zero-order valence-corrected chi connectivity index (χ0v) is 16.9. The number of hydrogen-bond donors (Lipinski definition) is 0. The normalized spacial score (nSPS) is 25.3. The molecular weight excluding hydrogens is 384 g/mol. The summed E-state index contributed by atoms with van der Waals surface area (Å²) in [7, 11) is 0. The predicted molar refractivity (Wildman–Crippen MR) is 106 cm³/mol. The van der Waals surface area contributed by atoms with E-state index in [0.717, 1.165) is 72.9 Å². The van der Waals surface area contributed by atoms with E-state index in [-0.39, 0.29) is 17.8 Å². The van der Waals surface area contributed by atoms with Crippen molar-refractivity contribution in [3.8, 4) is 0 Å². The largest absolute Gasteiger partial charge is 0.376 e. The highest BCUT2D eigenvalue weighted by Crippen LogP contribution is 2.36. The summed E-state index contributed by atoms with van der Waals surface area (Å²) in [5.74, 6) is 0.790. The van der Waals surface area contributed by atoms with Crippen LogP contribution < -0.4 is 5.56 Å². The van der Waals surface area contributed by atoms with Crippen LogP contribution in [0, 0.1) is 0 Å². The summed E-state index contributed by atoms with van der Waals surface area (Å²) >= 11 is 3.34. The van der Waals surface area contributed by atoms with Crippen molar-refractivity contribution in [3.05, 3.63) is 20.8 Å². The van der Waals surface area contributed by atoms with E-state index in [9.17, 15) is 4.79 Å². The molecule has 0 bridgehead atoms. The van der Waals surface area contributed by atoms with Gasteiger partial charge >= 0.3 is 0 Å². The quantitative estimate of drug-likeness (QED) is 0.560. The highest BCUT2D eigenvalue weighted by atomic mass is 32.2. The van der Waals surface area contributed by atoms with Crippen LogP contribution in [0.4, 0.5) is 0 Å². The summed E-state index contributed by atoms with van der Waals surface area (Å²) < 4.78 is 18.6. The minimum atomic E-state index is 0.116. The molecule has 6 nitrogen and oxygen atoms in total. The molecule has 2 atom stereocenters. The molecule has 2 aromatic rings. The van der Waals surface area contributed by atoms with Gasteiger partial charge in [0, 0.05) is 17.2 Å². The molecule has 8 heteroatoms. The molecule has 2 fully saturated rings. The number of aryl methyl sites for hydroxylation is 2.